The summed E-state index contributed by atoms with van der Waals surface area (Å²) in [7, 11) is 0. The maximum absolute atomic E-state index is 11.6. The van der Waals surface area contributed by atoms with E-state index >= 15 is 0 Å². The van der Waals surface area contributed by atoms with Gasteiger partial charge >= 0.3 is 0 Å². The highest BCUT2D eigenvalue weighted by Gasteiger charge is 2.27. The molecule has 3 nitrogen and oxygen atoms in total. The molecule has 1 aromatic rings. The third kappa shape index (κ3) is 2.24. The molecule has 1 aromatic carbocycles. The first kappa shape index (κ1) is 13.6. The highest BCUT2D eigenvalue weighted by molar-refractivity contribution is 6.00. The van der Waals surface area contributed by atoms with E-state index in [1.807, 2.05) is 0 Å². The first-order chi connectivity index (χ1) is 9.58. The highest BCUT2D eigenvalue weighted by atomic mass is 16.1. The molecule has 0 saturated heterocycles. The lowest BCUT2D eigenvalue weighted by atomic mass is 9.79. The minimum atomic E-state index is 0.103. The molecule has 1 unspecified atom stereocenters. The zero-order chi connectivity index (χ0) is 14.3. The SMILES string of the molecule is Cc1c(C(N)C2CCCCC2)cc2c(c1C)NC(=O)C2. The summed E-state index contributed by atoms with van der Waals surface area (Å²) >= 11 is 0. The minimum Gasteiger partial charge on any atom is -0.325 e. The maximum Gasteiger partial charge on any atom is 0.228 e. The lowest BCUT2D eigenvalue weighted by Gasteiger charge is -2.29. The van der Waals surface area contributed by atoms with E-state index in [9.17, 15) is 4.79 Å². The Morgan fingerprint density at radius 2 is 1.90 bits per heavy atom. The summed E-state index contributed by atoms with van der Waals surface area (Å²) in [5, 5.41) is 2.97. The van der Waals surface area contributed by atoms with Gasteiger partial charge in [-0.2, -0.15) is 0 Å². The minimum absolute atomic E-state index is 0.103. The summed E-state index contributed by atoms with van der Waals surface area (Å²) in [5.41, 5.74) is 12.4. The van der Waals surface area contributed by atoms with Crippen LogP contribution in [-0.2, 0) is 11.2 Å². The van der Waals surface area contributed by atoms with Crippen molar-refractivity contribution in [2.45, 2.75) is 58.4 Å². The van der Waals surface area contributed by atoms with Crippen molar-refractivity contribution in [1.82, 2.24) is 0 Å². The summed E-state index contributed by atoms with van der Waals surface area (Å²) in [6.07, 6.45) is 6.95. The summed E-state index contributed by atoms with van der Waals surface area (Å²) < 4.78 is 0. The average molecular weight is 272 g/mol. The van der Waals surface area contributed by atoms with E-state index < -0.39 is 0 Å². The van der Waals surface area contributed by atoms with Crippen LogP contribution in [0.4, 0.5) is 5.69 Å². The van der Waals surface area contributed by atoms with Gasteiger partial charge in [0.1, 0.15) is 0 Å². The van der Waals surface area contributed by atoms with Crippen LogP contribution in [0.1, 0.15) is 60.4 Å². The second-order valence-electron chi connectivity index (χ2n) is 6.40. The molecule has 108 valence electrons. The summed E-state index contributed by atoms with van der Waals surface area (Å²) in [6.45, 7) is 4.23. The number of rotatable bonds is 2. The van der Waals surface area contributed by atoms with Crippen LogP contribution in [0.15, 0.2) is 6.07 Å². The van der Waals surface area contributed by atoms with Gasteiger partial charge in [0, 0.05) is 11.7 Å². The van der Waals surface area contributed by atoms with Crippen molar-refractivity contribution in [3.05, 3.63) is 28.3 Å². The number of carbonyl (C=O) groups excluding carboxylic acids is 1. The van der Waals surface area contributed by atoms with E-state index in [1.54, 1.807) is 0 Å². The fourth-order valence-electron chi connectivity index (χ4n) is 3.78. The molecule has 0 spiro atoms. The number of fused-ring (bicyclic) bond motifs is 1. The maximum atomic E-state index is 11.6. The normalized spacial score (nSPS) is 20.6. The molecule has 1 saturated carbocycles. The van der Waals surface area contributed by atoms with E-state index in [0.29, 0.717) is 12.3 Å². The van der Waals surface area contributed by atoms with Crippen molar-refractivity contribution in [2.75, 3.05) is 5.32 Å². The van der Waals surface area contributed by atoms with Gasteiger partial charge < -0.3 is 11.1 Å². The van der Waals surface area contributed by atoms with Gasteiger partial charge in [0.15, 0.2) is 0 Å². The molecule has 3 heteroatoms. The molecule has 1 heterocycles. The molecule has 2 aliphatic rings. The lowest BCUT2D eigenvalue weighted by Crippen LogP contribution is -2.24. The van der Waals surface area contributed by atoms with Gasteiger partial charge in [-0.05, 0) is 54.9 Å². The molecule has 1 atom stereocenters. The van der Waals surface area contributed by atoms with Crippen LogP contribution in [0, 0.1) is 19.8 Å². The van der Waals surface area contributed by atoms with Crippen LogP contribution >= 0.6 is 0 Å². The summed E-state index contributed by atoms with van der Waals surface area (Å²) in [6, 6.07) is 2.30. The Labute approximate surface area is 120 Å². The van der Waals surface area contributed by atoms with Crippen LogP contribution < -0.4 is 11.1 Å². The fraction of sp³-hybridized carbons (Fsp3) is 0.588. The molecular weight excluding hydrogens is 248 g/mol. The topological polar surface area (TPSA) is 55.1 Å². The summed E-state index contributed by atoms with van der Waals surface area (Å²) in [4.78, 5) is 11.6. The molecule has 20 heavy (non-hydrogen) atoms. The Morgan fingerprint density at radius 1 is 1.20 bits per heavy atom. The molecule has 3 rings (SSSR count). The highest BCUT2D eigenvalue weighted by Crippen LogP contribution is 2.38. The van der Waals surface area contributed by atoms with Crippen molar-refractivity contribution >= 4 is 11.6 Å². The van der Waals surface area contributed by atoms with Crippen molar-refractivity contribution in [3.8, 4) is 0 Å². The Hall–Kier alpha value is -1.35. The van der Waals surface area contributed by atoms with E-state index in [-0.39, 0.29) is 11.9 Å². The first-order valence-electron chi connectivity index (χ1n) is 7.76. The second kappa shape index (κ2) is 5.21. The molecule has 0 radical (unpaired) electrons. The van der Waals surface area contributed by atoms with Crippen LogP contribution in [0.25, 0.3) is 0 Å². The molecule has 1 aliphatic heterocycles. The molecule has 1 amide bonds. The number of hydrogen-bond acceptors (Lipinski definition) is 2. The third-order valence-electron chi connectivity index (χ3n) is 5.15. The van der Waals surface area contributed by atoms with Gasteiger partial charge in [-0.25, -0.2) is 0 Å². The van der Waals surface area contributed by atoms with Crippen LogP contribution in [0.5, 0.6) is 0 Å². The number of anilines is 1. The standard InChI is InChI=1S/C17H24N2O/c1-10-11(2)17-13(9-15(20)19-17)8-14(10)16(18)12-6-4-3-5-7-12/h8,12,16H,3-7,9,18H2,1-2H3,(H,19,20). The smallest absolute Gasteiger partial charge is 0.228 e. The van der Waals surface area contributed by atoms with Crippen molar-refractivity contribution in [3.63, 3.8) is 0 Å². The first-order valence-corrected chi connectivity index (χ1v) is 7.76. The van der Waals surface area contributed by atoms with E-state index in [2.05, 4.69) is 25.2 Å². The predicted octanol–water partition coefficient (Wildman–Crippen LogP) is 3.38. The number of nitrogens with two attached hydrogens (primary N) is 1. The van der Waals surface area contributed by atoms with Gasteiger partial charge in [0.2, 0.25) is 5.91 Å². The van der Waals surface area contributed by atoms with Gasteiger partial charge in [0.05, 0.1) is 6.42 Å². The Bertz CT molecular complexity index is 544. The fourth-order valence-corrected chi connectivity index (χ4v) is 3.78. The zero-order valence-corrected chi connectivity index (χ0v) is 12.5. The van der Waals surface area contributed by atoms with Gasteiger partial charge in [0.25, 0.3) is 0 Å². The Balaban J connectivity index is 1.95. The van der Waals surface area contributed by atoms with E-state index in [4.69, 9.17) is 5.73 Å². The van der Waals surface area contributed by atoms with Crippen molar-refractivity contribution in [2.24, 2.45) is 11.7 Å². The van der Waals surface area contributed by atoms with Crippen LogP contribution in [-0.4, -0.2) is 5.91 Å². The average Bonchev–Trinajstić information content (AvgIpc) is 2.84. The Morgan fingerprint density at radius 3 is 2.60 bits per heavy atom. The number of amides is 1. The van der Waals surface area contributed by atoms with Gasteiger partial charge in [-0.1, -0.05) is 25.3 Å². The zero-order valence-electron chi connectivity index (χ0n) is 12.5. The number of nitrogens with one attached hydrogen (secondary N) is 1. The Kier molecular flexibility index (Phi) is 3.55. The lowest BCUT2D eigenvalue weighted by molar-refractivity contribution is -0.115. The second-order valence-corrected chi connectivity index (χ2v) is 6.40. The molecular formula is C17H24N2O. The summed E-state index contributed by atoms with van der Waals surface area (Å²) in [5.74, 6) is 0.704. The van der Waals surface area contributed by atoms with E-state index in [1.165, 1.54) is 48.8 Å². The van der Waals surface area contributed by atoms with Crippen LogP contribution in [0.3, 0.4) is 0 Å². The quantitative estimate of drug-likeness (QED) is 0.867. The van der Waals surface area contributed by atoms with E-state index in [0.717, 1.165) is 11.3 Å². The van der Waals surface area contributed by atoms with Gasteiger partial charge in [-0.3, -0.25) is 4.79 Å². The van der Waals surface area contributed by atoms with Crippen molar-refractivity contribution < 1.29 is 4.79 Å². The number of benzene rings is 1. The molecule has 3 N–H and O–H groups in total. The third-order valence-corrected chi connectivity index (χ3v) is 5.15. The monoisotopic (exact) mass is 272 g/mol. The van der Waals surface area contributed by atoms with Crippen molar-refractivity contribution in [1.29, 1.82) is 0 Å². The molecule has 0 aromatic heterocycles. The number of hydrogen-bond donors (Lipinski definition) is 2. The molecule has 1 fully saturated rings. The number of carbonyl (C=O) groups is 1. The predicted molar refractivity (Wildman–Crippen MR) is 81.8 cm³/mol. The van der Waals surface area contributed by atoms with Gasteiger partial charge in [-0.15, -0.1) is 0 Å². The largest absolute Gasteiger partial charge is 0.325 e. The van der Waals surface area contributed by atoms with Crippen LogP contribution in [0.2, 0.25) is 0 Å². The molecule has 1 aliphatic carbocycles. The molecule has 0 bridgehead atoms.